The molecule has 0 aromatic carbocycles. The second kappa shape index (κ2) is 12.3. The van der Waals surface area contributed by atoms with Crippen LogP contribution in [0.4, 0.5) is 11.4 Å². The molecule has 0 amide bonds. The fourth-order valence-corrected chi connectivity index (χ4v) is 3.97. The SMILES string of the molecule is CN1CCN(c2cncc(CC(=O)O)c2)CC1.CN1CCN(c2cncc(CC(=O)O)c2)CC1. The first-order chi connectivity index (χ1) is 16.3. The Morgan fingerprint density at radius 2 is 1.03 bits per heavy atom. The van der Waals surface area contributed by atoms with Gasteiger partial charge in [0.25, 0.3) is 0 Å². The monoisotopic (exact) mass is 470 g/mol. The van der Waals surface area contributed by atoms with E-state index in [0.717, 1.165) is 74.9 Å². The van der Waals surface area contributed by atoms with Crippen LogP contribution in [0.15, 0.2) is 36.9 Å². The van der Waals surface area contributed by atoms with Crippen molar-refractivity contribution in [3.05, 3.63) is 48.0 Å². The van der Waals surface area contributed by atoms with Crippen LogP contribution < -0.4 is 9.80 Å². The summed E-state index contributed by atoms with van der Waals surface area (Å²) in [6.45, 7) is 7.99. The molecule has 10 nitrogen and oxygen atoms in total. The lowest BCUT2D eigenvalue weighted by atomic mass is 10.2. The standard InChI is InChI=1S/2C12H17N3O2/c2*1-14-2-4-15(5-3-14)11-6-10(7-12(16)17)8-13-9-11/h2*6,8-9H,2-5,7H2,1H3,(H,16,17). The summed E-state index contributed by atoms with van der Waals surface area (Å²) >= 11 is 0. The fourth-order valence-electron chi connectivity index (χ4n) is 3.97. The Morgan fingerprint density at radius 1 is 0.676 bits per heavy atom. The smallest absolute Gasteiger partial charge is 0.307 e. The van der Waals surface area contributed by atoms with Gasteiger partial charge >= 0.3 is 11.9 Å². The van der Waals surface area contributed by atoms with Crippen LogP contribution in [0.25, 0.3) is 0 Å². The Hall–Kier alpha value is -3.24. The number of pyridine rings is 2. The van der Waals surface area contributed by atoms with Crippen molar-refractivity contribution in [2.75, 3.05) is 76.3 Å². The predicted octanol–water partition coefficient (Wildman–Crippen LogP) is 0.921. The maximum atomic E-state index is 10.7. The lowest BCUT2D eigenvalue weighted by Crippen LogP contribution is -2.44. The molecule has 10 heteroatoms. The molecule has 0 atom stereocenters. The first-order valence-corrected chi connectivity index (χ1v) is 11.5. The minimum atomic E-state index is -0.817. The van der Waals surface area contributed by atoms with E-state index in [4.69, 9.17) is 10.2 Å². The van der Waals surface area contributed by atoms with Gasteiger partial charge in [-0.1, -0.05) is 0 Å². The van der Waals surface area contributed by atoms with Gasteiger partial charge in [-0.3, -0.25) is 19.6 Å². The van der Waals surface area contributed by atoms with Crippen LogP contribution in [0.3, 0.4) is 0 Å². The maximum absolute atomic E-state index is 10.7. The van der Waals surface area contributed by atoms with Crippen molar-refractivity contribution in [3.8, 4) is 0 Å². The second-order valence-electron chi connectivity index (χ2n) is 8.82. The molecule has 2 aromatic heterocycles. The Kier molecular flexibility index (Phi) is 9.17. The van der Waals surface area contributed by atoms with Crippen molar-refractivity contribution in [1.29, 1.82) is 0 Å². The van der Waals surface area contributed by atoms with E-state index in [1.807, 2.05) is 12.1 Å². The molecule has 0 aliphatic carbocycles. The minimum absolute atomic E-state index is 0.0363. The van der Waals surface area contributed by atoms with Crippen molar-refractivity contribution in [2.24, 2.45) is 0 Å². The van der Waals surface area contributed by atoms with Gasteiger partial charge in [0.2, 0.25) is 0 Å². The number of piperazine rings is 2. The van der Waals surface area contributed by atoms with E-state index in [1.54, 1.807) is 24.8 Å². The van der Waals surface area contributed by atoms with E-state index < -0.39 is 11.9 Å². The minimum Gasteiger partial charge on any atom is -0.481 e. The molecule has 2 N–H and O–H groups in total. The third-order valence-corrected chi connectivity index (χ3v) is 6.01. The molecule has 2 saturated heterocycles. The number of carboxylic acids is 2. The summed E-state index contributed by atoms with van der Waals surface area (Å²) in [7, 11) is 4.22. The summed E-state index contributed by atoms with van der Waals surface area (Å²) < 4.78 is 0. The van der Waals surface area contributed by atoms with Crippen molar-refractivity contribution in [1.82, 2.24) is 19.8 Å². The normalized spacial score (nSPS) is 17.1. The Bertz CT molecular complexity index is 878. The maximum Gasteiger partial charge on any atom is 0.307 e. The summed E-state index contributed by atoms with van der Waals surface area (Å²) in [5.41, 5.74) is 3.57. The highest BCUT2D eigenvalue weighted by molar-refractivity contribution is 5.71. The van der Waals surface area contributed by atoms with Crippen LogP contribution in [-0.2, 0) is 22.4 Å². The number of rotatable bonds is 6. The van der Waals surface area contributed by atoms with Crippen molar-refractivity contribution in [3.63, 3.8) is 0 Å². The average molecular weight is 471 g/mol. The van der Waals surface area contributed by atoms with Gasteiger partial charge in [-0.15, -0.1) is 0 Å². The molecule has 34 heavy (non-hydrogen) atoms. The molecule has 0 bridgehead atoms. The number of carboxylic acid groups (broad SMARTS) is 2. The highest BCUT2D eigenvalue weighted by atomic mass is 16.4. The van der Waals surface area contributed by atoms with Crippen molar-refractivity contribution < 1.29 is 19.8 Å². The largest absolute Gasteiger partial charge is 0.481 e. The zero-order chi connectivity index (χ0) is 24.5. The number of hydrogen-bond donors (Lipinski definition) is 2. The molecule has 0 saturated carbocycles. The van der Waals surface area contributed by atoms with E-state index in [2.05, 4.69) is 43.7 Å². The third-order valence-electron chi connectivity index (χ3n) is 6.01. The van der Waals surface area contributed by atoms with Crippen LogP contribution >= 0.6 is 0 Å². The van der Waals surface area contributed by atoms with Crippen molar-refractivity contribution >= 4 is 23.3 Å². The number of anilines is 2. The van der Waals surface area contributed by atoms with Crippen LogP contribution in [0, 0.1) is 0 Å². The van der Waals surface area contributed by atoms with Crippen LogP contribution in [0.5, 0.6) is 0 Å². The van der Waals surface area contributed by atoms with Crippen molar-refractivity contribution in [2.45, 2.75) is 12.8 Å². The quantitative estimate of drug-likeness (QED) is 0.632. The first-order valence-electron chi connectivity index (χ1n) is 11.5. The number of hydrogen-bond acceptors (Lipinski definition) is 8. The van der Waals surface area contributed by atoms with Crippen LogP contribution in [-0.4, -0.2) is 108 Å². The van der Waals surface area contributed by atoms with E-state index in [9.17, 15) is 9.59 Å². The summed E-state index contributed by atoms with van der Waals surface area (Å²) in [5.74, 6) is -1.63. The van der Waals surface area contributed by atoms with E-state index in [-0.39, 0.29) is 12.8 Å². The topological polar surface area (TPSA) is 113 Å². The molecule has 2 fully saturated rings. The molecule has 4 rings (SSSR count). The van der Waals surface area contributed by atoms with Gasteiger partial charge in [0.05, 0.1) is 36.6 Å². The lowest BCUT2D eigenvalue weighted by Gasteiger charge is -2.33. The summed E-state index contributed by atoms with van der Waals surface area (Å²) in [6.07, 6.45) is 6.91. The Balaban J connectivity index is 0.000000191. The molecule has 2 aromatic rings. The van der Waals surface area contributed by atoms with Gasteiger partial charge < -0.3 is 29.8 Å². The van der Waals surface area contributed by atoms with Gasteiger partial charge in [0, 0.05) is 64.8 Å². The fraction of sp³-hybridized carbons (Fsp3) is 0.500. The Labute approximate surface area is 200 Å². The molecule has 2 aliphatic heterocycles. The average Bonchev–Trinajstić information content (AvgIpc) is 2.80. The second-order valence-corrected chi connectivity index (χ2v) is 8.82. The molecule has 2 aliphatic rings. The zero-order valence-electron chi connectivity index (χ0n) is 19.9. The van der Waals surface area contributed by atoms with Gasteiger partial charge in [-0.25, -0.2) is 0 Å². The number of nitrogens with zero attached hydrogens (tertiary/aromatic N) is 6. The van der Waals surface area contributed by atoms with Crippen LogP contribution in [0.1, 0.15) is 11.1 Å². The highest BCUT2D eigenvalue weighted by Gasteiger charge is 2.16. The molecule has 184 valence electrons. The van der Waals surface area contributed by atoms with E-state index in [0.29, 0.717) is 0 Å². The summed E-state index contributed by atoms with van der Waals surface area (Å²) in [4.78, 5) is 38.6. The molecular weight excluding hydrogens is 436 g/mol. The number of carbonyl (C=O) groups is 2. The van der Waals surface area contributed by atoms with Gasteiger partial charge in [-0.05, 0) is 37.4 Å². The van der Waals surface area contributed by atoms with Gasteiger partial charge in [0.1, 0.15) is 0 Å². The molecule has 4 heterocycles. The predicted molar refractivity (Wildman–Crippen MR) is 131 cm³/mol. The molecule has 0 spiro atoms. The van der Waals surface area contributed by atoms with Gasteiger partial charge in [-0.2, -0.15) is 0 Å². The molecular formula is C24H34N6O4. The first kappa shape index (κ1) is 25.4. The van der Waals surface area contributed by atoms with E-state index >= 15 is 0 Å². The van der Waals surface area contributed by atoms with Crippen LogP contribution in [0.2, 0.25) is 0 Å². The molecule has 0 unspecified atom stereocenters. The Morgan fingerprint density at radius 3 is 1.35 bits per heavy atom. The number of aliphatic carboxylic acids is 2. The summed E-state index contributed by atoms with van der Waals surface area (Å²) in [5, 5.41) is 17.5. The number of likely N-dealkylation sites (N-methyl/N-ethyl adjacent to an activating group) is 2. The zero-order valence-corrected chi connectivity index (χ0v) is 19.9. The highest BCUT2D eigenvalue weighted by Crippen LogP contribution is 2.17. The number of aromatic nitrogens is 2. The summed E-state index contributed by atoms with van der Waals surface area (Å²) in [6, 6.07) is 3.85. The van der Waals surface area contributed by atoms with E-state index in [1.165, 1.54) is 0 Å². The van der Waals surface area contributed by atoms with Gasteiger partial charge in [0.15, 0.2) is 0 Å². The lowest BCUT2D eigenvalue weighted by molar-refractivity contribution is -0.137. The molecule has 0 radical (unpaired) electrons. The third kappa shape index (κ3) is 7.96.